The van der Waals surface area contributed by atoms with Crippen LogP contribution in [0.15, 0.2) is 35.1 Å². The van der Waals surface area contributed by atoms with E-state index in [0.717, 1.165) is 27.8 Å². The third-order valence-electron chi connectivity index (χ3n) is 3.75. The second-order valence-electron chi connectivity index (χ2n) is 5.21. The van der Waals surface area contributed by atoms with Gasteiger partial charge in [-0.1, -0.05) is 12.1 Å². The summed E-state index contributed by atoms with van der Waals surface area (Å²) in [4.78, 5) is 34.6. The molecule has 1 aromatic carbocycles. The van der Waals surface area contributed by atoms with E-state index >= 15 is 0 Å². The molecule has 0 N–H and O–H groups in total. The van der Waals surface area contributed by atoms with Gasteiger partial charge in [0.15, 0.2) is 5.78 Å². The highest BCUT2D eigenvalue weighted by Gasteiger charge is 2.17. The first-order valence-electron chi connectivity index (χ1n) is 6.76. The molecule has 0 atom stereocenters. The first kappa shape index (κ1) is 15.6. The molecule has 1 heterocycles. The molecule has 0 aliphatic rings. The number of rotatable bonds is 4. The largest absolute Gasteiger partial charge is 0.299 e. The number of aryl methyl sites for hydroxylation is 2. The molecule has 0 bridgehead atoms. The van der Waals surface area contributed by atoms with Gasteiger partial charge in [-0.05, 0) is 38.0 Å². The Morgan fingerprint density at radius 1 is 1.14 bits per heavy atom. The van der Waals surface area contributed by atoms with Gasteiger partial charge in [-0.2, -0.15) is 0 Å². The molecule has 114 valence electrons. The third kappa shape index (κ3) is 2.95. The molecule has 0 saturated carbocycles. The van der Waals surface area contributed by atoms with Gasteiger partial charge in [-0.3, -0.25) is 24.3 Å². The molecule has 1 aromatic heterocycles. The molecule has 0 radical (unpaired) electrons. The van der Waals surface area contributed by atoms with E-state index in [1.807, 2.05) is 19.9 Å². The van der Waals surface area contributed by atoms with E-state index in [2.05, 4.69) is 0 Å². The monoisotopic (exact) mass is 300 g/mol. The number of nitro groups is 1. The predicted octanol–water partition coefficient (Wildman–Crippen LogP) is 2.56. The summed E-state index contributed by atoms with van der Waals surface area (Å²) in [5, 5.41) is 10.9. The van der Waals surface area contributed by atoms with Crippen LogP contribution in [-0.2, 0) is 6.54 Å². The molecule has 0 unspecified atom stereocenters. The van der Waals surface area contributed by atoms with Gasteiger partial charge in [0.1, 0.15) is 0 Å². The number of hydrogen-bond acceptors (Lipinski definition) is 4. The zero-order valence-electron chi connectivity index (χ0n) is 12.6. The fourth-order valence-electron chi connectivity index (χ4n) is 2.20. The van der Waals surface area contributed by atoms with Crippen LogP contribution in [0.3, 0.4) is 0 Å². The summed E-state index contributed by atoms with van der Waals surface area (Å²) in [6, 6.07) is 7.57. The molecule has 0 fully saturated rings. The number of hydrogen-bond donors (Lipinski definition) is 0. The molecule has 22 heavy (non-hydrogen) atoms. The summed E-state index contributed by atoms with van der Waals surface area (Å²) in [5.41, 5.74) is 2.11. The maximum Gasteiger partial charge on any atom is 0.288 e. The standard InChI is InChI=1S/C16H16N2O4/c1-10-4-5-13(8-11(10)2)15(19)9-17-12(3)14(18(21)22)6-7-16(17)20/h4-8H,9H2,1-3H3. The Morgan fingerprint density at radius 3 is 2.41 bits per heavy atom. The number of pyridine rings is 1. The number of Topliss-reactive ketones (excluding diaryl/α,β-unsaturated/α-hetero) is 1. The lowest BCUT2D eigenvalue weighted by Crippen LogP contribution is -2.26. The number of carbonyl (C=O) groups excluding carboxylic acids is 1. The Labute approximate surface area is 127 Å². The molecule has 6 nitrogen and oxygen atoms in total. The second kappa shape index (κ2) is 5.93. The fraction of sp³-hybridized carbons (Fsp3) is 0.250. The Balaban J connectivity index is 2.40. The van der Waals surface area contributed by atoms with Crippen molar-refractivity contribution < 1.29 is 9.72 Å². The Hall–Kier alpha value is -2.76. The smallest absolute Gasteiger partial charge is 0.288 e. The van der Waals surface area contributed by atoms with E-state index in [1.54, 1.807) is 12.1 Å². The predicted molar refractivity (Wildman–Crippen MR) is 82.3 cm³/mol. The summed E-state index contributed by atoms with van der Waals surface area (Å²) in [5.74, 6) is -0.256. The van der Waals surface area contributed by atoms with Crippen molar-refractivity contribution in [3.05, 3.63) is 73.2 Å². The van der Waals surface area contributed by atoms with Crippen molar-refractivity contribution in [3.63, 3.8) is 0 Å². The van der Waals surface area contributed by atoms with E-state index in [9.17, 15) is 19.7 Å². The lowest BCUT2D eigenvalue weighted by atomic mass is 10.0. The van der Waals surface area contributed by atoms with Gasteiger partial charge in [0.25, 0.3) is 11.2 Å². The Kier molecular flexibility index (Phi) is 4.21. The van der Waals surface area contributed by atoms with Gasteiger partial charge in [0, 0.05) is 17.7 Å². The first-order valence-corrected chi connectivity index (χ1v) is 6.76. The zero-order valence-corrected chi connectivity index (χ0v) is 12.6. The molecule has 0 aliphatic heterocycles. The van der Waals surface area contributed by atoms with Crippen LogP contribution in [0, 0.1) is 30.9 Å². The van der Waals surface area contributed by atoms with Crippen molar-refractivity contribution >= 4 is 11.5 Å². The highest BCUT2D eigenvalue weighted by molar-refractivity contribution is 5.96. The molecule has 0 aliphatic carbocycles. The first-order chi connectivity index (χ1) is 10.3. The van der Waals surface area contributed by atoms with E-state index < -0.39 is 10.5 Å². The summed E-state index contributed by atoms with van der Waals surface area (Å²) in [7, 11) is 0. The van der Waals surface area contributed by atoms with E-state index in [1.165, 1.54) is 6.92 Å². The van der Waals surface area contributed by atoms with Crippen LogP contribution >= 0.6 is 0 Å². The van der Waals surface area contributed by atoms with Gasteiger partial charge in [0.05, 0.1) is 17.2 Å². The lowest BCUT2D eigenvalue weighted by Gasteiger charge is -2.10. The zero-order chi connectivity index (χ0) is 16.4. The molecule has 6 heteroatoms. The number of aromatic nitrogens is 1. The van der Waals surface area contributed by atoms with Crippen LogP contribution in [0.25, 0.3) is 0 Å². The molecule has 2 aromatic rings. The number of benzene rings is 1. The minimum absolute atomic E-state index is 0.174. The van der Waals surface area contributed by atoms with Crippen LogP contribution in [-0.4, -0.2) is 15.3 Å². The Bertz CT molecular complexity index is 821. The van der Waals surface area contributed by atoms with Gasteiger partial charge in [0.2, 0.25) is 0 Å². The van der Waals surface area contributed by atoms with E-state index in [0.29, 0.717) is 5.56 Å². The van der Waals surface area contributed by atoms with Crippen LogP contribution in [0.4, 0.5) is 5.69 Å². The number of ketones is 1. The van der Waals surface area contributed by atoms with Gasteiger partial charge < -0.3 is 0 Å². The van der Waals surface area contributed by atoms with Crippen molar-refractivity contribution in [1.29, 1.82) is 0 Å². The SMILES string of the molecule is Cc1ccc(C(=O)Cn2c(C)c([N+](=O)[O-])ccc2=O)cc1C. The minimum atomic E-state index is -0.564. The molecule has 0 spiro atoms. The lowest BCUT2D eigenvalue weighted by molar-refractivity contribution is -0.386. The quantitative estimate of drug-likeness (QED) is 0.493. The molecular weight excluding hydrogens is 284 g/mol. The molecule has 2 rings (SSSR count). The Morgan fingerprint density at radius 2 is 1.82 bits per heavy atom. The maximum atomic E-state index is 12.3. The van der Waals surface area contributed by atoms with Crippen LogP contribution in [0.1, 0.15) is 27.2 Å². The van der Waals surface area contributed by atoms with Crippen molar-refractivity contribution in [3.8, 4) is 0 Å². The van der Waals surface area contributed by atoms with Crippen LogP contribution in [0.5, 0.6) is 0 Å². The highest BCUT2D eigenvalue weighted by Crippen LogP contribution is 2.16. The van der Waals surface area contributed by atoms with Crippen molar-refractivity contribution in [2.75, 3.05) is 0 Å². The van der Waals surface area contributed by atoms with Crippen molar-refractivity contribution in [2.45, 2.75) is 27.3 Å². The normalized spacial score (nSPS) is 10.5. The van der Waals surface area contributed by atoms with Crippen molar-refractivity contribution in [2.24, 2.45) is 0 Å². The van der Waals surface area contributed by atoms with Crippen LogP contribution in [0.2, 0.25) is 0 Å². The van der Waals surface area contributed by atoms with Gasteiger partial charge >= 0.3 is 0 Å². The second-order valence-corrected chi connectivity index (χ2v) is 5.21. The van der Waals surface area contributed by atoms with Gasteiger partial charge in [-0.25, -0.2) is 0 Å². The van der Waals surface area contributed by atoms with E-state index in [-0.39, 0.29) is 23.7 Å². The number of nitrogens with zero attached hydrogens (tertiary/aromatic N) is 2. The van der Waals surface area contributed by atoms with E-state index in [4.69, 9.17) is 0 Å². The third-order valence-corrected chi connectivity index (χ3v) is 3.75. The van der Waals surface area contributed by atoms with Gasteiger partial charge in [-0.15, -0.1) is 0 Å². The summed E-state index contributed by atoms with van der Waals surface area (Å²) >= 11 is 0. The average Bonchev–Trinajstić information content (AvgIpc) is 2.45. The maximum absolute atomic E-state index is 12.3. The topological polar surface area (TPSA) is 82.2 Å². The minimum Gasteiger partial charge on any atom is -0.299 e. The summed E-state index contributed by atoms with van der Waals surface area (Å²) in [6.45, 7) is 5.09. The molecule has 0 amide bonds. The number of carbonyl (C=O) groups is 1. The van der Waals surface area contributed by atoms with Crippen molar-refractivity contribution in [1.82, 2.24) is 4.57 Å². The summed E-state index contributed by atoms with van der Waals surface area (Å²) < 4.78 is 1.13. The molecular formula is C16H16N2O4. The highest BCUT2D eigenvalue weighted by atomic mass is 16.6. The summed E-state index contributed by atoms with van der Waals surface area (Å²) in [6.07, 6.45) is 0. The van der Waals surface area contributed by atoms with Crippen LogP contribution < -0.4 is 5.56 Å². The fourth-order valence-corrected chi connectivity index (χ4v) is 2.20. The average molecular weight is 300 g/mol. The molecule has 0 saturated heterocycles.